The molecule has 2 N–H and O–H groups in total. The molecule has 0 unspecified atom stereocenters. The van der Waals surface area contributed by atoms with Gasteiger partial charge in [-0.2, -0.15) is 0 Å². The third-order valence-electron chi connectivity index (χ3n) is 3.31. The Morgan fingerprint density at radius 3 is 2.71 bits per heavy atom. The topological polar surface area (TPSA) is 76.5 Å². The van der Waals surface area contributed by atoms with Crippen LogP contribution in [0.2, 0.25) is 0 Å². The van der Waals surface area contributed by atoms with Crippen molar-refractivity contribution >= 4 is 17.2 Å². The molecule has 6 nitrogen and oxygen atoms in total. The summed E-state index contributed by atoms with van der Waals surface area (Å²) < 4.78 is 1.59. The summed E-state index contributed by atoms with van der Waals surface area (Å²) in [6.07, 6.45) is 2.53. The van der Waals surface area contributed by atoms with Gasteiger partial charge in [0.05, 0.1) is 11.3 Å². The van der Waals surface area contributed by atoms with Crippen LogP contribution in [0.4, 0.5) is 5.69 Å². The third kappa shape index (κ3) is 2.10. The molecule has 0 aliphatic heterocycles. The average molecular weight is 280 g/mol. The summed E-state index contributed by atoms with van der Waals surface area (Å²) in [5.41, 5.74) is 8.96. The first-order valence-electron chi connectivity index (χ1n) is 6.42. The van der Waals surface area contributed by atoms with Crippen molar-refractivity contribution in [2.45, 2.75) is 0 Å². The van der Waals surface area contributed by atoms with Crippen LogP contribution in [-0.4, -0.2) is 34.6 Å². The van der Waals surface area contributed by atoms with Gasteiger partial charge in [0.25, 0.3) is 5.91 Å². The van der Waals surface area contributed by atoms with Crippen LogP contribution in [-0.2, 0) is 0 Å². The number of pyridine rings is 1. The van der Waals surface area contributed by atoms with Gasteiger partial charge in [-0.1, -0.05) is 18.2 Å². The highest BCUT2D eigenvalue weighted by Crippen LogP contribution is 2.30. The van der Waals surface area contributed by atoms with Gasteiger partial charge in [-0.3, -0.25) is 4.79 Å². The molecule has 105 valence electrons. The van der Waals surface area contributed by atoms with Crippen molar-refractivity contribution in [2.24, 2.45) is 5.73 Å². The molecule has 0 saturated carbocycles. The third-order valence-corrected chi connectivity index (χ3v) is 3.31. The van der Waals surface area contributed by atoms with E-state index in [4.69, 9.17) is 5.73 Å². The normalized spacial score (nSPS) is 10.8. The molecule has 2 heterocycles. The fraction of sp³-hybridized carbons (Fsp3) is 0.133. The number of anilines is 1. The number of carbonyl (C=O) groups excluding carboxylic acids is 1. The molecule has 0 saturated heterocycles. The standard InChI is InChI=1S/C15H14N5O/c1-19(2)12-6-4-3-5-10(12)13-8-7-11(14(16)21)15-17-9-18-20(13)15/h3-8H,1-2H3,(H2,16,21). The van der Waals surface area contributed by atoms with Crippen LogP contribution >= 0.6 is 0 Å². The van der Waals surface area contributed by atoms with E-state index in [-0.39, 0.29) is 0 Å². The molecular weight excluding hydrogens is 266 g/mol. The number of fused-ring (bicyclic) bond motifs is 1. The SMILES string of the molecule is CN(C)c1ccccc1-c1ccc(C(N)=O)c2n[c]nn12. The predicted molar refractivity (Wildman–Crippen MR) is 80.1 cm³/mol. The van der Waals surface area contributed by atoms with E-state index in [1.165, 1.54) is 0 Å². The van der Waals surface area contributed by atoms with Gasteiger partial charge in [-0.15, -0.1) is 5.10 Å². The van der Waals surface area contributed by atoms with Gasteiger partial charge in [-0.05, 0) is 18.2 Å². The Morgan fingerprint density at radius 2 is 2.00 bits per heavy atom. The first-order valence-corrected chi connectivity index (χ1v) is 6.42. The predicted octanol–water partition coefficient (Wildman–Crippen LogP) is 1.36. The minimum absolute atomic E-state index is 0.329. The molecule has 0 fully saturated rings. The number of carbonyl (C=O) groups is 1. The van der Waals surface area contributed by atoms with Crippen LogP contribution in [0.3, 0.4) is 0 Å². The van der Waals surface area contributed by atoms with Gasteiger partial charge in [0.1, 0.15) is 0 Å². The second-order valence-corrected chi connectivity index (χ2v) is 4.86. The van der Waals surface area contributed by atoms with E-state index in [0.29, 0.717) is 11.2 Å². The maximum atomic E-state index is 11.5. The fourth-order valence-corrected chi connectivity index (χ4v) is 2.34. The Morgan fingerprint density at radius 1 is 1.24 bits per heavy atom. The number of primary amides is 1. The maximum Gasteiger partial charge on any atom is 0.252 e. The molecule has 3 rings (SSSR count). The monoisotopic (exact) mass is 280 g/mol. The summed E-state index contributed by atoms with van der Waals surface area (Å²) in [4.78, 5) is 17.5. The minimum atomic E-state index is -0.533. The molecule has 1 amide bonds. The number of hydrogen-bond acceptors (Lipinski definition) is 4. The van der Waals surface area contributed by atoms with Crippen molar-refractivity contribution in [3.8, 4) is 11.3 Å². The Bertz CT molecular complexity index is 822. The van der Waals surface area contributed by atoms with Crippen LogP contribution in [0.25, 0.3) is 16.9 Å². The van der Waals surface area contributed by atoms with Crippen LogP contribution in [0.15, 0.2) is 36.4 Å². The molecule has 1 radical (unpaired) electrons. The van der Waals surface area contributed by atoms with Crippen molar-refractivity contribution in [1.82, 2.24) is 14.6 Å². The minimum Gasteiger partial charge on any atom is -0.377 e. The summed E-state index contributed by atoms with van der Waals surface area (Å²) in [6.45, 7) is 0. The van der Waals surface area contributed by atoms with Gasteiger partial charge >= 0.3 is 0 Å². The number of nitrogens with two attached hydrogens (primary N) is 1. The molecule has 0 atom stereocenters. The average Bonchev–Trinajstić information content (AvgIpc) is 2.95. The van der Waals surface area contributed by atoms with Crippen molar-refractivity contribution in [2.75, 3.05) is 19.0 Å². The van der Waals surface area contributed by atoms with Crippen molar-refractivity contribution in [1.29, 1.82) is 0 Å². The van der Waals surface area contributed by atoms with Crippen molar-refractivity contribution in [3.63, 3.8) is 0 Å². The van der Waals surface area contributed by atoms with Gasteiger partial charge in [0.2, 0.25) is 6.33 Å². The zero-order valence-electron chi connectivity index (χ0n) is 11.7. The van der Waals surface area contributed by atoms with Crippen LogP contribution in [0.1, 0.15) is 10.4 Å². The van der Waals surface area contributed by atoms with E-state index in [2.05, 4.69) is 16.4 Å². The molecule has 0 aliphatic rings. The summed E-state index contributed by atoms with van der Waals surface area (Å²) in [5.74, 6) is -0.533. The molecule has 0 aliphatic carbocycles. The zero-order chi connectivity index (χ0) is 15.0. The molecule has 0 spiro atoms. The Hall–Kier alpha value is -2.89. The lowest BCUT2D eigenvalue weighted by Gasteiger charge is -2.18. The van der Waals surface area contributed by atoms with E-state index < -0.39 is 5.91 Å². The summed E-state index contributed by atoms with van der Waals surface area (Å²) >= 11 is 0. The molecule has 21 heavy (non-hydrogen) atoms. The second-order valence-electron chi connectivity index (χ2n) is 4.86. The van der Waals surface area contributed by atoms with E-state index in [1.54, 1.807) is 10.6 Å². The maximum absolute atomic E-state index is 11.5. The molecule has 1 aromatic carbocycles. The summed E-state index contributed by atoms with van der Waals surface area (Å²) in [5, 5.41) is 4.09. The fourth-order valence-electron chi connectivity index (χ4n) is 2.34. The lowest BCUT2D eigenvalue weighted by atomic mass is 10.1. The van der Waals surface area contributed by atoms with Gasteiger partial charge in [0.15, 0.2) is 5.65 Å². The van der Waals surface area contributed by atoms with Gasteiger partial charge < -0.3 is 10.6 Å². The largest absolute Gasteiger partial charge is 0.377 e. The van der Waals surface area contributed by atoms with Gasteiger partial charge in [0, 0.05) is 25.3 Å². The van der Waals surface area contributed by atoms with Crippen molar-refractivity contribution < 1.29 is 4.79 Å². The van der Waals surface area contributed by atoms with Crippen LogP contribution in [0.5, 0.6) is 0 Å². The zero-order valence-corrected chi connectivity index (χ0v) is 11.7. The molecule has 2 aromatic heterocycles. The lowest BCUT2D eigenvalue weighted by Crippen LogP contribution is -2.14. The number of aromatic nitrogens is 3. The summed E-state index contributed by atoms with van der Waals surface area (Å²) in [7, 11) is 3.95. The smallest absolute Gasteiger partial charge is 0.252 e. The molecule has 6 heteroatoms. The first kappa shape index (κ1) is 13.1. The van der Waals surface area contributed by atoms with Gasteiger partial charge in [-0.25, -0.2) is 9.50 Å². The summed E-state index contributed by atoms with van der Waals surface area (Å²) in [6, 6.07) is 11.4. The number of amides is 1. The molecule has 0 bridgehead atoms. The Balaban J connectivity index is 2.30. The number of benzene rings is 1. The second kappa shape index (κ2) is 4.90. The Labute approximate surface area is 121 Å². The van der Waals surface area contributed by atoms with Crippen molar-refractivity contribution in [3.05, 3.63) is 48.3 Å². The number of nitrogens with zero attached hydrogens (tertiary/aromatic N) is 4. The molecule has 3 aromatic rings. The number of rotatable bonds is 3. The highest BCUT2D eigenvalue weighted by Gasteiger charge is 2.15. The number of hydrogen-bond donors (Lipinski definition) is 1. The van der Waals surface area contributed by atoms with E-state index in [1.807, 2.05) is 49.3 Å². The Kier molecular flexibility index (Phi) is 3.06. The highest BCUT2D eigenvalue weighted by molar-refractivity contribution is 5.99. The number of para-hydroxylation sites is 1. The van der Waals surface area contributed by atoms with E-state index in [0.717, 1.165) is 16.9 Å². The van der Waals surface area contributed by atoms with E-state index >= 15 is 0 Å². The van der Waals surface area contributed by atoms with E-state index in [9.17, 15) is 4.79 Å². The quantitative estimate of drug-likeness (QED) is 0.786. The van der Waals surface area contributed by atoms with Crippen LogP contribution < -0.4 is 10.6 Å². The highest BCUT2D eigenvalue weighted by atomic mass is 16.1. The first-order chi connectivity index (χ1) is 10.1. The lowest BCUT2D eigenvalue weighted by molar-refractivity contribution is 0.100. The molecular formula is C15H14N5O. The van der Waals surface area contributed by atoms with Crippen LogP contribution in [0, 0.1) is 6.33 Å².